The van der Waals surface area contributed by atoms with Gasteiger partial charge in [0.25, 0.3) is 5.91 Å². The fourth-order valence-corrected chi connectivity index (χ4v) is 6.72. The second-order valence-electron chi connectivity index (χ2n) is 10.8. The number of rotatable bonds is 9. The van der Waals surface area contributed by atoms with Gasteiger partial charge >= 0.3 is 0 Å². The Kier molecular flexibility index (Phi) is 8.59. The van der Waals surface area contributed by atoms with Crippen molar-refractivity contribution in [3.63, 3.8) is 0 Å². The van der Waals surface area contributed by atoms with E-state index in [-0.39, 0.29) is 47.7 Å². The lowest BCUT2D eigenvalue weighted by Crippen LogP contribution is -2.49. The van der Waals surface area contributed by atoms with E-state index in [1.165, 1.54) is 24.5 Å². The molecule has 1 atom stereocenters. The number of hydrogen-bond donors (Lipinski definition) is 1. The van der Waals surface area contributed by atoms with Gasteiger partial charge in [-0.05, 0) is 42.5 Å². The molecule has 6 rings (SSSR count). The van der Waals surface area contributed by atoms with Gasteiger partial charge < -0.3 is 19.7 Å². The first-order valence-corrected chi connectivity index (χ1v) is 15.3. The number of piperidine rings is 1. The van der Waals surface area contributed by atoms with E-state index in [0.717, 1.165) is 28.6 Å². The average molecular weight is 632 g/mol. The molecule has 0 bridgehead atoms. The molecule has 2 amide bonds. The highest BCUT2D eigenvalue weighted by Gasteiger charge is 2.30. The first-order valence-electron chi connectivity index (χ1n) is 14.5. The number of amides is 2. The summed E-state index contributed by atoms with van der Waals surface area (Å²) < 4.78 is 43.6. The maximum atomic E-state index is 15.9. The second kappa shape index (κ2) is 12.7. The molecule has 5 aromatic rings. The summed E-state index contributed by atoms with van der Waals surface area (Å²) in [7, 11) is 3.35. The molecule has 4 heterocycles. The van der Waals surface area contributed by atoms with Crippen LogP contribution in [-0.2, 0) is 16.6 Å². The largest absolute Gasteiger partial charge is 0.490 e. The summed E-state index contributed by atoms with van der Waals surface area (Å²) in [6, 6.07) is 9.15. The SMILES string of the molecule is C=CC(=O)N1CCC[C@H](NC(=O)c2nc(-c3ccc4c(cnn4C)c3)c3ccsc3c2-c2c(F)cc(F)cc2OCCOC)C1. The number of ether oxygens (including phenoxy) is 2. The Bertz CT molecular complexity index is 1940. The number of carbonyl (C=O) groups is 2. The van der Waals surface area contributed by atoms with Crippen LogP contribution in [0.3, 0.4) is 0 Å². The van der Waals surface area contributed by atoms with Crippen molar-refractivity contribution in [2.45, 2.75) is 18.9 Å². The summed E-state index contributed by atoms with van der Waals surface area (Å²) in [5, 5.41) is 10.8. The molecule has 0 unspecified atom stereocenters. The van der Waals surface area contributed by atoms with Crippen molar-refractivity contribution in [2.24, 2.45) is 7.05 Å². The number of benzene rings is 2. The number of aromatic nitrogens is 3. The summed E-state index contributed by atoms with van der Waals surface area (Å²) in [6.07, 6.45) is 4.34. The van der Waals surface area contributed by atoms with E-state index >= 15 is 4.39 Å². The topological polar surface area (TPSA) is 98.6 Å². The van der Waals surface area contributed by atoms with Crippen molar-refractivity contribution in [3.8, 4) is 28.1 Å². The standard InChI is InChI=1S/C33H31F2N5O4S/c1-4-27(41)40-10-5-6-22(18-40)37-33(42)31-29(28-24(35)15-21(34)16-26(28)44-12-11-43-3)32-23(9-13-45-32)30(38-31)19-7-8-25-20(14-19)17-36-39(25)2/h4,7-9,13-17,22H,1,5-6,10-12,18H2,2-3H3,(H,37,42)/t22-/m0/s1. The van der Waals surface area contributed by atoms with E-state index in [0.29, 0.717) is 41.7 Å². The zero-order chi connectivity index (χ0) is 31.7. The zero-order valence-electron chi connectivity index (χ0n) is 24.8. The number of pyridine rings is 1. The second-order valence-corrected chi connectivity index (χ2v) is 11.7. The van der Waals surface area contributed by atoms with Gasteiger partial charge in [-0.3, -0.25) is 14.3 Å². The lowest BCUT2D eigenvalue weighted by molar-refractivity contribution is -0.127. The van der Waals surface area contributed by atoms with Crippen LogP contribution >= 0.6 is 11.3 Å². The van der Waals surface area contributed by atoms with Crippen LogP contribution in [0.2, 0.25) is 0 Å². The Morgan fingerprint density at radius 2 is 2.02 bits per heavy atom. The van der Waals surface area contributed by atoms with Crippen LogP contribution in [0.15, 0.2) is 60.6 Å². The molecule has 9 nitrogen and oxygen atoms in total. The first kappa shape index (κ1) is 30.4. The van der Waals surface area contributed by atoms with Gasteiger partial charge in [-0.15, -0.1) is 11.3 Å². The minimum Gasteiger partial charge on any atom is -0.490 e. The number of carbonyl (C=O) groups excluding carboxylic acids is 2. The molecule has 1 saturated heterocycles. The third-order valence-corrected chi connectivity index (χ3v) is 8.83. The molecule has 0 radical (unpaired) electrons. The number of nitrogens with zero attached hydrogens (tertiary/aromatic N) is 4. The molecule has 45 heavy (non-hydrogen) atoms. The predicted octanol–water partition coefficient (Wildman–Crippen LogP) is 5.73. The third-order valence-electron chi connectivity index (χ3n) is 7.90. The van der Waals surface area contributed by atoms with Gasteiger partial charge in [0.2, 0.25) is 5.91 Å². The van der Waals surface area contributed by atoms with Gasteiger partial charge in [-0.2, -0.15) is 5.10 Å². The van der Waals surface area contributed by atoms with Gasteiger partial charge in [0.05, 0.1) is 29.6 Å². The number of fused-ring (bicyclic) bond motifs is 2. The van der Waals surface area contributed by atoms with Crippen molar-refractivity contribution >= 4 is 44.1 Å². The lowest BCUT2D eigenvalue weighted by Gasteiger charge is -2.32. The summed E-state index contributed by atoms with van der Waals surface area (Å²) >= 11 is 1.32. The van der Waals surface area contributed by atoms with Crippen molar-refractivity contribution in [2.75, 3.05) is 33.4 Å². The molecule has 232 valence electrons. The number of halogens is 2. The van der Waals surface area contributed by atoms with Gasteiger partial charge in [0.1, 0.15) is 29.7 Å². The molecule has 1 fully saturated rings. The van der Waals surface area contributed by atoms with Crippen LogP contribution < -0.4 is 10.1 Å². The van der Waals surface area contributed by atoms with Crippen LogP contribution in [-0.4, -0.2) is 70.9 Å². The van der Waals surface area contributed by atoms with Crippen molar-refractivity contribution in [1.29, 1.82) is 0 Å². The normalized spacial score (nSPS) is 15.0. The first-order chi connectivity index (χ1) is 21.8. The van der Waals surface area contributed by atoms with Gasteiger partial charge in [-0.25, -0.2) is 13.8 Å². The van der Waals surface area contributed by atoms with E-state index in [9.17, 15) is 14.0 Å². The lowest BCUT2D eigenvalue weighted by atomic mass is 9.96. The summed E-state index contributed by atoms with van der Waals surface area (Å²) in [4.78, 5) is 33.1. The molecular formula is C33H31F2N5O4S. The van der Waals surface area contributed by atoms with Crippen molar-refractivity contribution < 1.29 is 27.8 Å². The highest BCUT2D eigenvalue weighted by atomic mass is 32.1. The smallest absolute Gasteiger partial charge is 0.270 e. The van der Waals surface area contributed by atoms with Gasteiger partial charge in [-0.1, -0.05) is 12.6 Å². The zero-order valence-corrected chi connectivity index (χ0v) is 25.6. The quantitative estimate of drug-likeness (QED) is 0.165. The maximum Gasteiger partial charge on any atom is 0.270 e. The Hall–Kier alpha value is -4.68. The Labute approximate surface area is 262 Å². The monoisotopic (exact) mass is 631 g/mol. The molecule has 0 aliphatic carbocycles. The maximum absolute atomic E-state index is 15.9. The molecule has 2 aromatic carbocycles. The number of likely N-dealkylation sites (tertiary alicyclic amines) is 1. The van der Waals surface area contributed by atoms with Crippen LogP contribution in [0.25, 0.3) is 43.4 Å². The van der Waals surface area contributed by atoms with E-state index in [4.69, 9.17) is 14.5 Å². The summed E-state index contributed by atoms with van der Waals surface area (Å²) in [5.41, 5.74) is 2.29. The molecule has 12 heteroatoms. The molecule has 0 saturated carbocycles. The van der Waals surface area contributed by atoms with Crippen molar-refractivity contribution in [3.05, 3.63) is 78.0 Å². The van der Waals surface area contributed by atoms with Crippen molar-refractivity contribution in [1.82, 2.24) is 25.0 Å². The number of thiophene rings is 1. The molecule has 0 spiro atoms. The molecule has 1 N–H and O–H groups in total. The number of aryl methyl sites for hydroxylation is 1. The van der Waals surface area contributed by atoms with Crippen LogP contribution in [0.5, 0.6) is 5.75 Å². The Balaban J connectivity index is 1.53. The molecule has 3 aromatic heterocycles. The average Bonchev–Trinajstić information content (AvgIpc) is 3.67. The fraction of sp³-hybridized carbons (Fsp3) is 0.273. The summed E-state index contributed by atoms with van der Waals surface area (Å²) in [5.74, 6) is -2.54. The minimum atomic E-state index is -0.891. The predicted molar refractivity (Wildman–Crippen MR) is 169 cm³/mol. The molecular weight excluding hydrogens is 600 g/mol. The molecule has 1 aliphatic heterocycles. The third kappa shape index (κ3) is 5.90. The van der Waals surface area contributed by atoms with Crippen LogP contribution in [0.1, 0.15) is 23.3 Å². The minimum absolute atomic E-state index is 0.0351. The highest BCUT2D eigenvalue weighted by molar-refractivity contribution is 7.18. The Morgan fingerprint density at radius 1 is 1.18 bits per heavy atom. The fourth-order valence-electron chi connectivity index (χ4n) is 5.77. The number of hydrogen-bond acceptors (Lipinski definition) is 7. The Morgan fingerprint density at radius 3 is 2.82 bits per heavy atom. The van der Waals surface area contributed by atoms with Crippen LogP contribution in [0.4, 0.5) is 8.78 Å². The highest BCUT2D eigenvalue weighted by Crippen LogP contribution is 2.44. The van der Waals surface area contributed by atoms with Gasteiger partial charge in [0.15, 0.2) is 0 Å². The summed E-state index contributed by atoms with van der Waals surface area (Å²) in [6.45, 7) is 4.66. The van der Waals surface area contributed by atoms with E-state index in [2.05, 4.69) is 17.0 Å². The van der Waals surface area contributed by atoms with E-state index in [1.54, 1.807) is 15.8 Å². The molecule has 1 aliphatic rings. The van der Waals surface area contributed by atoms with Gasteiger partial charge in [0, 0.05) is 72.0 Å². The number of methoxy groups -OCH3 is 1. The van der Waals surface area contributed by atoms with Crippen LogP contribution in [0, 0.1) is 11.6 Å². The van der Waals surface area contributed by atoms with E-state index < -0.39 is 17.5 Å². The van der Waals surface area contributed by atoms with E-state index in [1.807, 2.05) is 36.7 Å². The number of nitrogens with one attached hydrogen (secondary N) is 1.